The second kappa shape index (κ2) is 11.2. The van der Waals surface area contributed by atoms with Gasteiger partial charge in [-0.05, 0) is 79.6 Å². The van der Waals surface area contributed by atoms with Crippen molar-refractivity contribution in [2.24, 2.45) is 40.4 Å². The first kappa shape index (κ1) is 27.7. The second-order valence-corrected chi connectivity index (χ2v) is 12.1. The Morgan fingerprint density at radius 1 is 1.08 bits per heavy atom. The summed E-state index contributed by atoms with van der Waals surface area (Å²) in [7, 11) is 4.81. The Balaban J connectivity index is 1.70. The van der Waals surface area contributed by atoms with Gasteiger partial charge in [-0.3, -0.25) is 9.59 Å². The molecule has 0 unspecified atom stereocenters. The molecule has 4 aliphatic rings. The van der Waals surface area contributed by atoms with E-state index in [1.807, 2.05) is 6.08 Å². The fourth-order valence-corrected chi connectivity index (χ4v) is 8.78. The number of hydrogen-bond donors (Lipinski definition) is 0. The summed E-state index contributed by atoms with van der Waals surface area (Å²) in [6.07, 6.45) is 8.74. The van der Waals surface area contributed by atoms with E-state index in [4.69, 9.17) is 23.7 Å². The summed E-state index contributed by atoms with van der Waals surface area (Å²) in [5.41, 5.74) is 1.18. The molecule has 0 N–H and O–H groups in total. The average Bonchev–Trinajstić information content (AvgIpc) is 3.23. The number of rotatable bonds is 10. The first-order chi connectivity index (χ1) is 17.2. The zero-order valence-electron chi connectivity index (χ0n) is 23.0. The van der Waals surface area contributed by atoms with Crippen molar-refractivity contribution < 1.29 is 33.3 Å². The maximum absolute atomic E-state index is 12.4. The highest BCUT2D eigenvalue weighted by molar-refractivity contribution is 5.91. The van der Waals surface area contributed by atoms with Crippen LogP contribution in [-0.2, 0) is 33.3 Å². The first-order valence-electron chi connectivity index (χ1n) is 13.7. The van der Waals surface area contributed by atoms with Crippen LogP contribution in [0.1, 0.15) is 72.1 Å². The summed E-state index contributed by atoms with van der Waals surface area (Å²) in [5.74, 6) is 2.09. The molecule has 3 fully saturated rings. The van der Waals surface area contributed by atoms with Crippen LogP contribution in [0, 0.1) is 40.4 Å². The van der Waals surface area contributed by atoms with Crippen molar-refractivity contribution >= 4 is 11.8 Å². The third kappa shape index (κ3) is 4.81. The molecular weight excluding hydrogens is 460 g/mol. The van der Waals surface area contributed by atoms with Crippen LogP contribution in [0.15, 0.2) is 11.6 Å². The summed E-state index contributed by atoms with van der Waals surface area (Å²) >= 11 is 0. The highest BCUT2D eigenvalue weighted by Crippen LogP contribution is 2.68. The number of carbonyl (C=O) groups is 2. The van der Waals surface area contributed by atoms with Crippen LogP contribution in [0.25, 0.3) is 0 Å². The lowest BCUT2D eigenvalue weighted by Gasteiger charge is -2.62. The summed E-state index contributed by atoms with van der Waals surface area (Å²) in [5, 5.41) is 0. The molecule has 0 heterocycles. The Bertz CT molecular complexity index is 839. The van der Waals surface area contributed by atoms with Gasteiger partial charge >= 0.3 is 5.97 Å². The minimum atomic E-state index is -0.142. The molecular formula is C29H46O7. The molecule has 0 aromatic heterocycles. The highest BCUT2D eigenvalue weighted by atomic mass is 16.7. The number of fused-ring (bicyclic) bond motifs is 5. The van der Waals surface area contributed by atoms with Gasteiger partial charge in [0, 0.05) is 32.5 Å². The molecule has 0 bridgehead atoms. The van der Waals surface area contributed by atoms with Crippen molar-refractivity contribution in [3.8, 4) is 0 Å². The first-order valence-corrected chi connectivity index (χ1v) is 13.7. The van der Waals surface area contributed by atoms with Crippen molar-refractivity contribution in [3.63, 3.8) is 0 Å². The molecule has 0 radical (unpaired) electrons. The van der Waals surface area contributed by atoms with E-state index in [9.17, 15) is 9.59 Å². The van der Waals surface area contributed by atoms with Crippen molar-refractivity contribution in [1.29, 1.82) is 0 Å². The Morgan fingerprint density at radius 3 is 2.50 bits per heavy atom. The van der Waals surface area contributed by atoms with Gasteiger partial charge in [-0.2, -0.15) is 0 Å². The Kier molecular flexibility index (Phi) is 8.65. The minimum absolute atomic E-state index is 0.0178. The van der Waals surface area contributed by atoms with Crippen LogP contribution in [0.4, 0.5) is 0 Å². The Hall–Kier alpha value is -1.28. The van der Waals surface area contributed by atoms with Crippen LogP contribution >= 0.6 is 0 Å². The van der Waals surface area contributed by atoms with E-state index in [-0.39, 0.29) is 48.4 Å². The van der Waals surface area contributed by atoms with Gasteiger partial charge in [-0.1, -0.05) is 26.3 Å². The van der Waals surface area contributed by atoms with Gasteiger partial charge < -0.3 is 23.7 Å². The monoisotopic (exact) mass is 506 g/mol. The maximum atomic E-state index is 12.4. The third-order valence-corrected chi connectivity index (χ3v) is 10.6. The smallest absolute Gasteiger partial charge is 0.305 e. The van der Waals surface area contributed by atoms with Gasteiger partial charge in [-0.15, -0.1) is 0 Å². The summed E-state index contributed by atoms with van der Waals surface area (Å²) < 4.78 is 28.6. The normalized spacial score (nSPS) is 40.6. The van der Waals surface area contributed by atoms with Gasteiger partial charge in [0.15, 0.2) is 5.78 Å². The molecule has 36 heavy (non-hydrogen) atoms. The molecule has 7 heteroatoms. The lowest BCUT2D eigenvalue weighted by Crippen LogP contribution is -2.61. The Morgan fingerprint density at radius 2 is 1.81 bits per heavy atom. The number of ketones is 1. The third-order valence-electron chi connectivity index (χ3n) is 10.6. The van der Waals surface area contributed by atoms with Crippen LogP contribution in [0.3, 0.4) is 0 Å². The van der Waals surface area contributed by atoms with E-state index in [0.717, 1.165) is 38.5 Å². The fraction of sp³-hybridized carbons (Fsp3) is 0.862. The van der Waals surface area contributed by atoms with Gasteiger partial charge in [0.05, 0.1) is 19.3 Å². The van der Waals surface area contributed by atoms with Crippen LogP contribution in [0.2, 0.25) is 0 Å². The zero-order chi connectivity index (χ0) is 26.1. The van der Waals surface area contributed by atoms with Gasteiger partial charge in [0.25, 0.3) is 0 Å². The molecule has 0 saturated heterocycles. The van der Waals surface area contributed by atoms with E-state index < -0.39 is 0 Å². The average molecular weight is 507 g/mol. The van der Waals surface area contributed by atoms with Crippen molar-refractivity contribution in [1.82, 2.24) is 0 Å². The van der Waals surface area contributed by atoms with Crippen molar-refractivity contribution in [2.45, 2.75) is 84.3 Å². The molecule has 9 atom stereocenters. The van der Waals surface area contributed by atoms with E-state index in [2.05, 4.69) is 20.8 Å². The molecule has 0 amide bonds. The van der Waals surface area contributed by atoms with E-state index in [0.29, 0.717) is 42.4 Å². The van der Waals surface area contributed by atoms with Gasteiger partial charge in [0.2, 0.25) is 0 Å². The zero-order valence-corrected chi connectivity index (χ0v) is 23.0. The number of methoxy groups -OCH3 is 3. The molecule has 0 aliphatic heterocycles. The molecule has 7 nitrogen and oxygen atoms in total. The Labute approximate surface area is 216 Å². The minimum Gasteiger partial charge on any atom is -0.469 e. The van der Waals surface area contributed by atoms with Crippen molar-refractivity contribution in [3.05, 3.63) is 11.6 Å². The van der Waals surface area contributed by atoms with Crippen molar-refractivity contribution in [2.75, 3.05) is 34.9 Å². The molecule has 204 valence electrons. The predicted molar refractivity (Wildman–Crippen MR) is 135 cm³/mol. The van der Waals surface area contributed by atoms with E-state index in [1.165, 1.54) is 12.7 Å². The topological polar surface area (TPSA) is 80.3 Å². The molecule has 0 aromatic carbocycles. The van der Waals surface area contributed by atoms with Gasteiger partial charge in [0.1, 0.15) is 13.6 Å². The highest BCUT2D eigenvalue weighted by Gasteiger charge is 2.65. The van der Waals surface area contributed by atoms with Crippen LogP contribution in [0.5, 0.6) is 0 Å². The maximum Gasteiger partial charge on any atom is 0.305 e. The molecule has 4 rings (SSSR count). The SMILES string of the molecule is COCO[C@H]1C[C@H]2[C@@H]([C@H](OCOC)CC3=CC(=O)CC[C@@]32C)[C@@H]2CC[C@H]([C@H](C)CCC(=O)OC)[C@@]12C. The van der Waals surface area contributed by atoms with Crippen LogP contribution < -0.4 is 0 Å². The predicted octanol–water partition coefficient (Wildman–Crippen LogP) is 4.92. The fourth-order valence-electron chi connectivity index (χ4n) is 8.78. The largest absolute Gasteiger partial charge is 0.469 e. The van der Waals surface area contributed by atoms with Crippen LogP contribution in [-0.4, -0.2) is 58.9 Å². The van der Waals surface area contributed by atoms with E-state index in [1.54, 1.807) is 14.2 Å². The summed E-state index contributed by atoms with van der Waals surface area (Å²) in [4.78, 5) is 24.3. The second-order valence-electron chi connectivity index (χ2n) is 12.1. The number of carbonyl (C=O) groups excluding carboxylic acids is 2. The molecule has 3 saturated carbocycles. The summed E-state index contributed by atoms with van der Waals surface area (Å²) in [6.45, 7) is 7.62. The molecule has 0 aromatic rings. The van der Waals surface area contributed by atoms with Gasteiger partial charge in [-0.25, -0.2) is 0 Å². The number of esters is 1. The lowest BCUT2D eigenvalue weighted by molar-refractivity contribution is -0.221. The molecule has 0 spiro atoms. The number of hydrogen-bond acceptors (Lipinski definition) is 7. The quantitative estimate of drug-likeness (QED) is 0.307. The lowest BCUT2D eigenvalue weighted by atomic mass is 9.45. The standard InChI is InChI=1S/C29H46O7/c1-18(7-10-26(31)34-6)21-8-9-22-27-23(15-25(29(21,22)3)36-17-33-5)28(2)12-11-20(30)13-19(28)14-24(27)35-16-32-4/h13,18,21-25,27H,7-12,14-17H2,1-6H3/t18-,21-,22+,23+,24-,25+,27+,28+,29-/m1/s1. The number of ether oxygens (including phenoxy) is 5. The van der Waals surface area contributed by atoms with E-state index >= 15 is 0 Å². The molecule has 4 aliphatic carbocycles. The summed E-state index contributed by atoms with van der Waals surface area (Å²) in [6, 6.07) is 0.